The molecule has 27 heavy (non-hydrogen) atoms. The molecule has 1 fully saturated rings. The second kappa shape index (κ2) is 9.33. The third-order valence-electron chi connectivity index (χ3n) is 4.57. The molecule has 4 nitrogen and oxygen atoms in total. The lowest BCUT2D eigenvalue weighted by molar-refractivity contribution is -0.128. The van der Waals surface area contributed by atoms with Crippen LogP contribution in [0.5, 0.6) is 5.75 Å². The molecule has 2 aromatic carbocycles. The van der Waals surface area contributed by atoms with E-state index in [4.69, 9.17) is 16.3 Å². The predicted molar refractivity (Wildman–Crippen MR) is 109 cm³/mol. The Morgan fingerprint density at radius 1 is 1.15 bits per heavy atom. The van der Waals surface area contributed by atoms with Crippen LogP contribution >= 0.6 is 23.4 Å². The Hall–Kier alpha value is -1.92. The van der Waals surface area contributed by atoms with Crippen molar-refractivity contribution in [2.24, 2.45) is 0 Å². The molecule has 2 aromatic rings. The monoisotopic (exact) mass is 408 g/mol. The summed E-state index contributed by atoms with van der Waals surface area (Å²) >= 11 is 7.53. The minimum atomic E-state index is -0.348. The zero-order chi connectivity index (χ0) is 19.2. The summed E-state index contributed by atoms with van der Waals surface area (Å²) < 4.78 is 18.3. The first-order valence-corrected chi connectivity index (χ1v) is 10.3. The van der Waals surface area contributed by atoms with E-state index in [0.717, 1.165) is 30.1 Å². The zero-order valence-corrected chi connectivity index (χ0v) is 16.7. The van der Waals surface area contributed by atoms with Crippen molar-refractivity contribution in [1.29, 1.82) is 0 Å². The number of hydrogen-bond acceptors (Lipinski definition) is 4. The molecule has 0 bridgehead atoms. The molecule has 3 rings (SSSR count). The summed E-state index contributed by atoms with van der Waals surface area (Å²) in [5, 5.41) is 0.406. The second-order valence-electron chi connectivity index (χ2n) is 6.29. The number of piperazine rings is 1. The highest BCUT2D eigenvalue weighted by Crippen LogP contribution is 2.23. The van der Waals surface area contributed by atoms with E-state index in [9.17, 15) is 9.18 Å². The van der Waals surface area contributed by atoms with Crippen molar-refractivity contribution in [2.45, 2.75) is 5.75 Å². The Morgan fingerprint density at radius 2 is 1.85 bits per heavy atom. The Labute approximate surface area is 168 Å². The van der Waals surface area contributed by atoms with Gasteiger partial charge in [0.1, 0.15) is 11.6 Å². The number of amides is 1. The predicted octanol–water partition coefficient (Wildman–Crippen LogP) is 4.07. The highest BCUT2D eigenvalue weighted by atomic mass is 35.5. The SMILES string of the molecule is COc1ccc(N2CCN(C(=O)CSCc3ccc(F)cc3Cl)CC2)cc1. The van der Waals surface area contributed by atoms with Gasteiger partial charge in [-0.3, -0.25) is 4.79 Å². The highest BCUT2D eigenvalue weighted by molar-refractivity contribution is 7.99. The van der Waals surface area contributed by atoms with E-state index in [2.05, 4.69) is 4.90 Å². The number of benzene rings is 2. The lowest BCUT2D eigenvalue weighted by Crippen LogP contribution is -2.49. The van der Waals surface area contributed by atoms with Gasteiger partial charge in [0.25, 0.3) is 0 Å². The van der Waals surface area contributed by atoms with Gasteiger partial charge in [0.05, 0.1) is 12.9 Å². The Morgan fingerprint density at radius 3 is 2.48 bits per heavy atom. The number of hydrogen-bond donors (Lipinski definition) is 0. The molecule has 0 unspecified atom stereocenters. The normalized spacial score (nSPS) is 14.3. The number of thioether (sulfide) groups is 1. The van der Waals surface area contributed by atoms with Gasteiger partial charge in [-0.25, -0.2) is 4.39 Å². The van der Waals surface area contributed by atoms with Gasteiger partial charge in [-0.1, -0.05) is 17.7 Å². The van der Waals surface area contributed by atoms with Crippen LogP contribution in [-0.4, -0.2) is 49.8 Å². The van der Waals surface area contributed by atoms with Crippen LogP contribution in [0.25, 0.3) is 0 Å². The van der Waals surface area contributed by atoms with Crippen molar-refractivity contribution in [3.05, 3.63) is 58.9 Å². The van der Waals surface area contributed by atoms with E-state index >= 15 is 0 Å². The summed E-state index contributed by atoms with van der Waals surface area (Å²) in [6.45, 7) is 3.05. The number of nitrogens with zero attached hydrogens (tertiary/aromatic N) is 2. The summed E-state index contributed by atoms with van der Waals surface area (Å²) in [7, 11) is 1.65. The molecule has 0 saturated carbocycles. The van der Waals surface area contributed by atoms with Gasteiger partial charge in [0, 0.05) is 42.6 Å². The number of carbonyl (C=O) groups excluding carboxylic acids is 1. The van der Waals surface area contributed by atoms with Crippen LogP contribution in [-0.2, 0) is 10.5 Å². The third-order valence-corrected chi connectivity index (χ3v) is 5.89. The third kappa shape index (κ3) is 5.30. The molecule has 0 radical (unpaired) electrons. The summed E-state index contributed by atoms with van der Waals surface area (Å²) in [6, 6.07) is 12.3. The van der Waals surface area contributed by atoms with Crippen LogP contribution in [0.15, 0.2) is 42.5 Å². The van der Waals surface area contributed by atoms with Crippen molar-refractivity contribution in [3.63, 3.8) is 0 Å². The van der Waals surface area contributed by atoms with Crippen LogP contribution < -0.4 is 9.64 Å². The van der Waals surface area contributed by atoms with E-state index in [1.807, 2.05) is 29.2 Å². The van der Waals surface area contributed by atoms with Crippen molar-refractivity contribution >= 4 is 35.0 Å². The molecule has 0 atom stereocenters. The first-order valence-electron chi connectivity index (χ1n) is 8.75. The first kappa shape index (κ1) is 19.8. The van der Waals surface area contributed by atoms with Gasteiger partial charge in [0.2, 0.25) is 5.91 Å². The van der Waals surface area contributed by atoms with Crippen LogP contribution in [0.4, 0.5) is 10.1 Å². The first-order chi connectivity index (χ1) is 13.1. The fourth-order valence-electron chi connectivity index (χ4n) is 2.99. The average Bonchev–Trinajstić information content (AvgIpc) is 2.70. The van der Waals surface area contributed by atoms with Gasteiger partial charge in [0.15, 0.2) is 0 Å². The lowest BCUT2D eigenvalue weighted by Gasteiger charge is -2.36. The second-order valence-corrected chi connectivity index (χ2v) is 7.69. The van der Waals surface area contributed by atoms with E-state index in [1.54, 1.807) is 13.2 Å². The largest absolute Gasteiger partial charge is 0.497 e. The summed E-state index contributed by atoms with van der Waals surface area (Å²) in [4.78, 5) is 16.6. The fraction of sp³-hybridized carbons (Fsp3) is 0.350. The number of rotatable bonds is 6. The molecule has 0 aliphatic carbocycles. The molecule has 144 valence electrons. The topological polar surface area (TPSA) is 32.8 Å². The van der Waals surface area contributed by atoms with Gasteiger partial charge in [-0.2, -0.15) is 0 Å². The smallest absolute Gasteiger partial charge is 0.232 e. The number of anilines is 1. The molecule has 1 amide bonds. The van der Waals surface area contributed by atoms with Crippen molar-refractivity contribution in [3.8, 4) is 5.75 Å². The highest BCUT2D eigenvalue weighted by Gasteiger charge is 2.21. The van der Waals surface area contributed by atoms with Crippen LogP contribution in [0.3, 0.4) is 0 Å². The molecular weight excluding hydrogens is 387 g/mol. The van der Waals surface area contributed by atoms with E-state index in [1.165, 1.54) is 23.9 Å². The summed E-state index contributed by atoms with van der Waals surface area (Å²) in [5.41, 5.74) is 1.99. The van der Waals surface area contributed by atoms with E-state index < -0.39 is 0 Å². The average molecular weight is 409 g/mol. The van der Waals surface area contributed by atoms with Gasteiger partial charge >= 0.3 is 0 Å². The number of carbonyl (C=O) groups is 1. The minimum absolute atomic E-state index is 0.132. The Bertz CT molecular complexity index is 780. The molecule has 1 aliphatic heterocycles. The quantitative estimate of drug-likeness (QED) is 0.721. The molecule has 1 aliphatic rings. The van der Waals surface area contributed by atoms with E-state index in [0.29, 0.717) is 29.6 Å². The number of ether oxygens (including phenoxy) is 1. The summed E-state index contributed by atoms with van der Waals surface area (Å²) in [5.74, 6) is 1.62. The zero-order valence-electron chi connectivity index (χ0n) is 15.2. The van der Waals surface area contributed by atoms with Gasteiger partial charge in [-0.15, -0.1) is 11.8 Å². The van der Waals surface area contributed by atoms with Crippen LogP contribution in [0.1, 0.15) is 5.56 Å². The van der Waals surface area contributed by atoms with Crippen LogP contribution in [0.2, 0.25) is 5.02 Å². The summed E-state index contributed by atoms with van der Waals surface area (Å²) in [6.07, 6.45) is 0. The van der Waals surface area contributed by atoms with Gasteiger partial charge < -0.3 is 14.5 Å². The van der Waals surface area contributed by atoms with Crippen molar-refractivity contribution < 1.29 is 13.9 Å². The maximum Gasteiger partial charge on any atom is 0.232 e. The lowest BCUT2D eigenvalue weighted by atomic mass is 10.2. The molecular formula is C20H22ClFN2O2S. The molecule has 0 N–H and O–H groups in total. The number of methoxy groups -OCH3 is 1. The Kier molecular flexibility index (Phi) is 6.85. The standard InChI is InChI=1S/C20H22ClFN2O2S/c1-26-18-6-4-17(5-7-18)23-8-10-24(11-9-23)20(25)14-27-13-15-2-3-16(22)12-19(15)21/h2-7,12H,8-11,13-14H2,1H3. The van der Waals surface area contributed by atoms with Gasteiger partial charge in [-0.05, 0) is 42.0 Å². The molecule has 0 aromatic heterocycles. The maximum absolute atomic E-state index is 13.1. The number of halogens is 2. The van der Waals surface area contributed by atoms with Crippen LogP contribution in [0, 0.1) is 5.82 Å². The maximum atomic E-state index is 13.1. The molecule has 1 heterocycles. The Balaban J connectivity index is 1.44. The van der Waals surface area contributed by atoms with Crippen molar-refractivity contribution in [1.82, 2.24) is 4.90 Å². The molecule has 7 heteroatoms. The fourth-order valence-corrected chi connectivity index (χ4v) is 4.23. The minimum Gasteiger partial charge on any atom is -0.497 e. The molecule has 0 spiro atoms. The van der Waals surface area contributed by atoms with E-state index in [-0.39, 0.29) is 11.7 Å². The van der Waals surface area contributed by atoms with Crippen molar-refractivity contribution in [2.75, 3.05) is 43.9 Å². The molecule has 1 saturated heterocycles.